The van der Waals surface area contributed by atoms with Gasteiger partial charge in [-0.25, -0.2) is 38.0 Å². The predicted molar refractivity (Wildman–Crippen MR) is 507 cm³/mol. The number of amides is 12. The minimum absolute atomic E-state index is 0.00157. The first-order chi connectivity index (χ1) is 65.2. The normalized spacial score (nSPS) is 17.9. The zero-order chi connectivity index (χ0) is 104. The van der Waals surface area contributed by atoms with E-state index in [1.54, 1.807) is 188 Å². The van der Waals surface area contributed by atoms with Crippen LogP contribution in [0.1, 0.15) is 184 Å². The van der Waals surface area contributed by atoms with Crippen LogP contribution in [0.4, 0.5) is 81.8 Å². The Morgan fingerprint density at radius 2 is 0.814 bits per heavy atom. The molecule has 0 unspecified atom stereocenters. The maximum absolute atomic E-state index is 14.0. The summed E-state index contributed by atoms with van der Waals surface area (Å²) in [5.41, 5.74) is 3.85. The highest BCUT2D eigenvalue weighted by Crippen LogP contribution is 2.44. The predicted octanol–water partition coefficient (Wildman–Crippen LogP) is 16.1. The number of rotatable bonds is 10. The van der Waals surface area contributed by atoms with Crippen molar-refractivity contribution in [3.8, 4) is 46.0 Å². The quantitative estimate of drug-likeness (QED) is 0.0447. The second-order valence-corrected chi connectivity index (χ2v) is 39.1. The molecule has 14 rings (SSSR count). The van der Waals surface area contributed by atoms with Crippen LogP contribution in [0.3, 0.4) is 0 Å². The number of aryl methyl sites for hydroxylation is 5. The number of para-hydroxylation sites is 1. The molecule has 0 spiro atoms. The van der Waals surface area contributed by atoms with Crippen molar-refractivity contribution in [3.63, 3.8) is 0 Å². The van der Waals surface area contributed by atoms with Crippen LogP contribution >= 0.6 is 11.6 Å². The number of carbonyl (C=O) groups excluding carboxylic acids is 12. The first-order valence-electron chi connectivity index (χ1n) is 44.4. The van der Waals surface area contributed by atoms with E-state index in [1.807, 2.05) is 31.2 Å². The minimum Gasteiger partial charge on any atom is -0.489 e. The minimum atomic E-state index is -2.98. The van der Waals surface area contributed by atoms with Gasteiger partial charge < -0.3 is 125 Å². The van der Waals surface area contributed by atoms with Gasteiger partial charge in [0.05, 0.1) is 40.0 Å². The third kappa shape index (κ3) is 34.5. The van der Waals surface area contributed by atoms with E-state index < -0.39 is 148 Å². The lowest BCUT2D eigenvalue weighted by atomic mass is 10.0. The van der Waals surface area contributed by atoms with Gasteiger partial charge >= 0.3 is 43.2 Å². The Bertz CT molecular complexity index is 5810. The lowest BCUT2D eigenvalue weighted by Gasteiger charge is -2.22. The lowest BCUT2D eigenvalue weighted by Crippen LogP contribution is -2.48. The number of halogens is 4. The Balaban J connectivity index is 0.000000188. The Kier molecular flexibility index (Phi) is 35.9. The number of nitrogens with one attached hydrogen (secondary N) is 12. The molecule has 1 aromatic heterocycles. The summed E-state index contributed by atoms with van der Waals surface area (Å²) in [6.45, 7) is 42.5. The summed E-state index contributed by atoms with van der Waals surface area (Å²) in [5, 5.41) is 39.1. The molecule has 6 aliphatic heterocycles. The molecule has 140 heavy (non-hydrogen) atoms. The van der Waals surface area contributed by atoms with Crippen molar-refractivity contribution in [2.45, 2.75) is 260 Å². The molecule has 7 heterocycles. The molecule has 1 aliphatic carbocycles. The van der Waals surface area contributed by atoms with Gasteiger partial charge in [-0.1, -0.05) is 29.8 Å². The van der Waals surface area contributed by atoms with Crippen molar-refractivity contribution in [1.82, 2.24) is 42.1 Å². The largest absolute Gasteiger partial charge is 0.489 e. The summed E-state index contributed by atoms with van der Waals surface area (Å²) < 4.78 is 107. The SMILES string of the molecule is CC(C)(C)OC(=O)N[C@H]1COc2cc(C3CC3)ccc2NC1=O.CC(C)(C)OC(=O)N[C@H]1COc2ccc(OC(F)F)cc2NC1=O.CC(C)(C)OC(=O)N[C@H]1COc2cccc(Cl)c2NC1=O.Cc1cc(F)c2c(c1)CC[C@H](NC(=O)OC(C)(C)C)C(=O)N2.Cc1nnc(-c2cc3c(cc2C)OC[C@H](NC(=O)OC(C)(C)C)C(=O)N3)o1.[C-]#[N+]c1cc2c(cc1C)OC[C@H](NC(=O)OC(C)(C)C)C(=O)N2. The van der Waals surface area contributed by atoms with E-state index in [2.05, 4.69) is 83.6 Å². The summed E-state index contributed by atoms with van der Waals surface area (Å²) in [7, 11) is 0. The Labute approximate surface area is 811 Å². The van der Waals surface area contributed by atoms with E-state index in [0.717, 1.165) is 22.3 Å². The molecule has 0 bridgehead atoms. The van der Waals surface area contributed by atoms with Crippen molar-refractivity contribution in [1.29, 1.82) is 0 Å². The number of ether oxygens (including phenoxy) is 12. The third-order valence-electron chi connectivity index (χ3n) is 19.3. The fraction of sp³-hybridized carbons (Fsp3) is 0.469. The number of alkyl halides is 2. The number of anilines is 6. The third-order valence-corrected chi connectivity index (χ3v) is 19.6. The second kappa shape index (κ2) is 46.2. The molecule has 44 heteroatoms. The van der Waals surface area contributed by atoms with Crippen LogP contribution in [-0.4, -0.2) is 192 Å². The van der Waals surface area contributed by atoms with E-state index in [1.165, 1.54) is 42.7 Å². The smallest absolute Gasteiger partial charge is 0.408 e. The maximum atomic E-state index is 14.0. The molecule has 12 N–H and O–H groups in total. The van der Waals surface area contributed by atoms with Gasteiger partial charge in [0, 0.05) is 18.6 Å². The van der Waals surface area contributed by atoms with Crippen molar-refractivity contribution in [2.24, 2.45) is 0 Å². The monoisotopic (exact) mass is 1970 g/mol. The summed E-state index contributed by atoms with van der Waals surface area (Å²) >= 11 is 6.01. The maximum Gasteiger partial charge on any atom is 0.408 e. The standard InChI is InChI=1S/C18H22N4O5.C17H22N2O4.C16H21FN2O3.C16H19N3O4.C15H18F2N2O5.C14H17ClN2O4/c1-9-6-14-12(7-11(9)16-22-21-10(2)26-16)19-15(23)13(8-25-14)20-17(24)27-18(3,4)5;1-17(2,3)23-16(21)19-13-9-22-14-8-11(10-4-5-10)6-7-12(14)18-15(13)20;1-9-7-10-5-6-12(18-15(21)22-16(2,3)4)14(20)19-13(10)11(17)8-9;1-9-6-13-11(7-10(9)17-5)18-14(20)12(8-22-13)19-15(21)23-16(2,3)4;1-15(2,3)24-14(21)19-10-7-22-11-5-4-8(23-13(16)17)6-9(11)18-12(10)20;1-14(2,3)21-13(19)16-9-7-20-10-6-4-5-8(15)11(10)17-12(9)18/h6-7,13H,8H2,1-5H3,(H,19,23)(H,20,24);6-8,10,13H,4-5,9H2,1-3H3,(H,18,20)(H,19,21);7-8,12H,5-6H2,1-4H3,(H,18,21)(H,19,20);6-7,12H,8H2,1-4H3,(H,18,20)(H,19,21);4-6,10,13H,7H2,1-3H3,(H,18,20)(H,19,21);4-6,9H,7H2,1-3H3,(H,16,19)(H,17,18)/t2*13-;2*12-;10-;9-/m000000/s1. The lowest BCUT2D eigenvalue weighted by molar-refractivity contribution is -0.119. The summed E-state index contributed by atoms with van der Waals surface area (Å²) in [6.07, 6.45) is -0.820. The molecule has 1 fully saturated rings. The van der Waals surface area contributed by atoms with Gasteiger partial charge in [0.25, 0.3) is 29.5 Å². The van der Waals surface area contributed by atoms with Crippen LogP contribution in [0.25, 0.3) is 16.3 Å². The molecule has 7 aliphatic rings. The van der Waals surface area contributed by atoms with Gasteiger partial charge in [-0.15, -0.1) is 10.2 Å². The number of hydrogen-bond acceptors (Lipinski definition) is 27. The van der Waals surface area contributed by atoms with E-state index in [9.17, 15) is 70.7 Å². The number of carbonyl (C=O) groups is 12. The number of alkyl carbamates (subject to hydrolysis) is 6. The van der Waals surface area contributed by atoms with Gasteiger partial charge in [-0.3, -0.25) is 28.8 Å². The fourth-order valence-electron chi connectivity index (χ4n) is 13.1. The molecular weight excluding hydrogens is 1860 g/mol. The van der Waals surface area contributed by atoms with Gasteiger partial charge in [-0.2, -0.15) is 8.78 Å². The van der Waals surface area contributed by atoms with Crippen molar-refractivity contribution in [3.05, 3.63) is 147 Å². The summed E-state index contributed by atoms with van der Waals surface area (Å²) in [6, 6.07) is 19.6. The number of fused-ring (bicyclic) bond motifs is 6. The molecule has 6 aromatic carbocycles. The van der Waals surface area contributed by atoms with Gasteiger partial charge in [0.15, 0.2) is 5.69 Å². The number of hydrogen-bond donors (Lipinski definition) is 12. The molecule has 40 nitrogen and oxygen atoms in total. The molecule has 6 atom stereocenters. The zero-order valence-corrected chi connectivity index (χ0v) is 82.5. The average molecular weight is 1980 g/mol. The molecular formula is C96H119ClF3N15O25. The van der Waals surface area contributed by atoms with Gasteiger partial charge in [0.2, 0.25) is 17.7 Å². The topological polar surface area (TPSA) is 503 Å². The van der Waals surface area contributed by atoms with E-state index in [0.29, 0.717) is 92.6 Å². The number of aromatic nitrogens is 2. The van der Waals surface area contributed by atoms with Crippen LogP contribution in [-0.2, 0) is 63.6 Å². The summed E-state index contributed by atoms with van der Waals surface area (Å²) in [5.74, 6) is 0.639. The molecule has 7 aromatic rings. The Morgan fingerprint density at radius 3 is 1.24 bits per heavy atom. The number of benzene rings is 6. The highest BCUT2D eigenvalue weighted by Gasteiger charge is 2.38. The molecule has 756 valence electrons. The van der Waals surface area contributed by atoms with E-state index in [-0.39, 0.29) is 61.8 Å². The van der Waals surface area contributed by atoms with Crippen molar-refractivity contribution >= 4 is 123 Å². The zero-order valence-electron chi connectivity index (χ0n) is 81.7. The average Bonchev–Trinajstić information content (AvgIpc) is 1.65. The highest BCUT2D eigenvalue weighted by molar-refractivity contribution is 6.34. The molecule has 0 saturated heterocycles. The van der Waals surface area contributed by atoms with Crippen LogP contribution in [0.15, 0.2) is 95.4 Å². The van der Waals surface area contributed by atoms with Crippen molar-refractivity contribution in [2.75, 3.05) is 64.9 Å². The molecule has 12 amide bonds. The highest BCUT2D eigenvalue weighted by atomic mass is 35.5. The molecule has 0 radical (unpaired) electrons. The first kappa shape index (κ1) is 109. The van der Waals surface area contributed by atoms with E-state index >= 15 is 0 Å². The van der Waals surface area contributed by atoms with Crippen LogP contribution in [0, 0.1) is 40.1 Å². The first-order valence-corrected chi connectivity index (χ1v) is 44.8. The van der Waals surface area contributed by atoms with Crippen LogP contribution < -0.4 is 92.2 Å². The Morgan fingerprint density at radius 1 is 0.429 bits per heavy atom. The summed E-state index contributed by atoms with van der Waals surface area (Å²) in [4.78, 5) is 148. The van der Waals surface area contributed by atoms with Gasteiger partial charge in [0.1, 0.15) is 149 Å². The van der Waals surface area contributed by atoms with E-state index in [4.69, 9.17) is 74.7 Å². The fourth-order valence-corrected chi connectivity index (χ4v) is 13.3. The Hall–Kier alpha value is -14.7. The van der Waals surface area contributed by atoms with Crippen LogP contribution in [0.2, 0.25) is 5.02 Å². The number of nitrogens with zero attached hydrogens (tertiary/aromatic N) is 3. The van der Waals surface area contributed by atoms with Crippen molar-refractivity contribution < 1.29 is 132 Å². The molecule has 1 saturated carbocycles. The second-order valence-electron chi connectivity index (χ2n) is 38.7. The van der Waals surface area contributed by atoms with Crippen LogP contribution in [0.5, 0.6) is 34.5 Å². The van der Waals surface area contributed by atoms with Gasteiger partial charge in [-0.05, 0) is 272 Å².